The molecule has 36 heavy (non-hydrogen) atoms. The fourth-order valence-corrected chi connectivity index (χ4v) is 4.11. The van der Waals surface area contributed by atoms with Gasteiger partial charge in [0.05, 0.1) is 16.8 Å². The molecule has 0 atom stereocenters. The number of benzene rings is 3. The second kappa shape index (κ2) is 11.1. The average Bonchev–Trinajstić information content (AvgIpc) is 3.38. The molecule has 0 unspecified atom stereocenters. The first-order chi connectivity index (χ1) is 17.3. The van der Waals surface area contributed by atoms with E-state index in [4.69, 9.17) is 16.0 Å². The Labute approximate surface area is 213 Å². The Morgan fingerprint density at radius 3 is 2.44 bits per heavy atom. The summed E-state index contributed by atoms with van der Waals surface area (Å²) in [6.45, 7) is 0.361. The molecule has 0 aliphatic heterocycles. The van der Waals surface area contributed by atoms with Gasteiger partial charge in [-0.15, -0.1) is 0 Å². The summed E-state index contributed by atoms with van der Waals surface area (Å²) >= 11 is 6.18. The fourth-order valence-electron chi connectivity index (χ4n) is 3.89. The monoisotopic (exact) mass is 505 g/mol. The van der Waals surface area contributed by atoms with Crippen LogP contribution in [0.2, 0.25) is 5.02 Å². The van der Waals surface area contributed by atoms with E-state index in [1.54, 1.807) is 59.5 Å². The van der Waals surface area contributed by atoms with Crippen molar-refractivity contribution in [1.29, 1.82) is 0 Å². The molecule has 4 rings (SSSR count). The number of nitrogens with one attached hydrogen (secondary N) is 1. The van der Waals surface area contributed by atoms with Gasteiger partial charge in [0.15, 0.2) is 5.76 Å². The van der Waals surface area contributed by atoms with E-state index in [2.05, 4.69) is 5.32 Å². The van der Waals surface area contributed by atoms with Gasteiger partial charge >= 0.3 is 0 Å². The third kappa shape index (κ3) is 5.93. The van der Waals surface area contributed by atoms with Crippen molar-refractivity contribution in [2.45, 2.75) is 13.1 Å². The smallest absolute Gasteiger partial charge is 0.290 e. The van der Waals surface area contributed by atoms with Gasteiger partial charge in [0, 0.05) is 38.6 Å². The van der Waals surface area contributed by atoms with Crippen molar-refractivity contribution in [3.8, 4) is 0 Å². The topological polar surface area (TPSA) is 65.8 Å². The van der Waals surface area contributed by atoms with E-state index in [1.165, 1.54) is 18.4 Å². The second-order valence-electron chi connectivity index (χ2n) is 8.44. The summed E-state index contributed by atoms with van der Waals surface area (Å²) < 4.78 is 19.2. The van der Waals surface area contributed by atoms with Crippen LogP contribution >= 0.6 is 11.6 Å². The van der Waals surface area contributed by atoms with Gasteiger partial charge in [0.1, 0.15) is 5.82 Å². The van der Waals surface area contributed by atoms with Gasteiger partial charge in [0.2, 0.25) is 0 Å². The van der Waals surface area contributed by atoms with Crippen LogP contribution in [0.15, 0.2) is 89.5 Å². The molecule has 0 spiro atoms. The maximum absolute atomic E-state index is 13.9. The third-order valence-corrected chi connectivity index (χ3v) is 5.91. The number of amides is 2. The molecule has 0 aliphatic carbocycles. The largest absolute Gasteiger partial charge is 0.459 e. The van der Waals surface area contributed by atoms with Crippen molar-refractivity contribution in [3.05, 3.63) is 118 Å². The summed E-state index contributed by atoms with van der Waals surface area (Å²) in [5.41, 5.74) is 3.20. The quantitative estimate of drug-likeness (QED) is 0.308. The number of nitrogens with zero attached hydrogens (tertiary/aromatic N) is 2. The van der Waals surface area contributed by atoms with Crippen LogP contribution in [0.1, 0.15) is 32.0 Å². The van der Waals surface area contributed by atoms with Crippen LogP contribution in [0.3, 0.4) is 0 Å². The van der Waals surface area contributed by atoms with Crippen LogP contribution in [0.25, 0.3) is 0 Å². The van der Waals surface area contributed by atoms with Crippen LogP contribution in [0.4, 0.5) is 15.8 Å². The van der Waals surface area contributed by atoms with Crippen molar-refractivity contribution < 1.29 is 18.4 Å². The summed E-state index contributed by atoms with van der Waals surface area (Å²) in [7, 11) is 3.79. The van der Waals surface area contributed by atoms with Gasteiger partial charge in [-0.2, -0.15) is 0 Å². The van der Waals surface area contributed by atoms with Crippen molar-refractivity contribution in [2.24, 2.45) is 0 Å². The lowest BCUT2D eigenvalue weighted by molar-refractivity contribution is 0.0697. The molecule has 0 aliphatic rings. The molecule has 0 saturated carbocycles. The highest BCUT2D eigenvalue weighted by atomic mass is 35.5. The maximum atomic E-state index is 13.9. The van der Waals surface area contributed by atoms with Gasteiger partial charge in [-0.3, -0.25) is 9.59 Å². The zero-order chi connectivity index (χ0) is 25.7. The summed E-state index contributed by atoms with van der Waals surface area (Å²) in [5, 5.41) is 3.23. The first-order valence-electron chi connectivity index (χ1n) is 11.2. The number of carbonyl (C=O) groups excluding carboxylic acids is 2. The molecule has 4 aromatic rings. The molecule has 0 bridgehead atoms. The highest BCUT2D eigenvalue weighted by Crippen LogP contribution is 2.27. The molecular formula is C28H25ClFN3O3. The molecule has 3 aromatic carbocycles. The molecule has 2 amide bonds. The zero-order valence-electron chi connectivity index (χ0n) is 19.9. The molecule has 1 aromatic heterocycles. The van der Waals surface area contributed by atoms with Gasteiger partial charge in [-0.25, -0.2) is 4.39 Å². The Hall–Kier alpha value is -4.10. The predicted molar refractivity (Wildman–Crippen MR) is 139 cm³/mol. The minimum Gasteiger partial charge on any atom is -0.459 e. The summed E-state index contributed by atoms with van der Waals surface area (Å²) in [4.78, 5) is 29.6. The van der Waals surface area contributed by atoms with Gasteiger partial charge in [-0.05, 0) is 65.7 Å². The molecule has 6 nitrogen and oxygen atoms in total. The van der Waals surface area contributed by atoms with E-state index in [-0.39, 0.29) is 36.5 Å². The third-order valence-electron chi connectivity index (χ3n) is 5.58. The number of halogens is 2. The van der Waals surface area contributed by atoms with Crippen molar-refractivity contribution >= 4 is 34.8 Å². The normalized spacial score (nSPS) is 10.7. The second-order valence-corrected chi connectivity index (χ2v) is 8.85. The first-order valence-corrected chi connectivity index (χ1v) is 11.6. The number of carbonyl (C=O) groups is 2. The van der Waals surface area contributed by atoms with Crippen LogP contribution in [0.5, 0.6) is 0 Å². The van der Waals surface area contributed by atoms with Gasteiger partial charge < -0.3 is 19.5 Å². The Morgan fingerprint density at radius 2 is 1.75 bits per heavy atom. The maximum Gasteiger partial charge on any atom is 0.290 e. The van der Waals surface area contributed by atoms with E-state index in [0.29, 0.717) is 21.8 Å². The Morgan fingerprint density at radius 1 is 0.944 bits per heavy atom. The SMILES string of the molecule is CN(C)c1ccc(NC(=O)c2ccccc2Cl)cc1CN(Cc1cccc(F)c1)C(=O)c1ccco1. The predicted octanol–water partition coefficient (Wildman–Crippen LogP) is 6.23. The molecule has 8 heteroatoms. The lowest BCUT2D eigenvalue weighted by Gasteiger charge is -2.26. The molecule has 184 valence electrons. The summed E-state index contributed by atoms with van der Waals surface area (Å²) in [6, 6.07) is 21.6. The van der Waals surface area contributed by atoms with Gasteiger partial charge in [0.25, 0.3) is 11.8 Å². The number of hydrogen-bond donors (Lipinski definition) is 1. The van der Waals surface area contributed by atoms with Crippen molar-refractivity contribution in [2.75, 3.05) is 24.3 Å². The Bertz CT molecular complexity index is 1370. The van der Waals surface area contributed by atoms with E-state index in [9.17, 15) is 14.0 Å². The van der Waals surface area contributed by atoms with E-state index in [1.807, 2.05) is 31.1 Å². The van der Waals surface area contributed by atoms with Crippen LogP contribution in [-0.4, -0.2) is 30.8 Å². The molecule has 0 fully saturated rings. The summed E-state index contributed by atoms with van der Waals surface area (Å²) in [6.07, 6.45) is 1.43. The van der Waals surface area contributed by atoms with E-state index < -0.39 is 0 Å². The number of anilines is 2. The Balaban J connectivity index is 1.66. The lowest BCUT2D eigenvalue weighted by Crippen LogP contribution is -2.30. The highest BCUT2D eigenvalue weighted by Gasteiger charge is 2.21. The molecular weight excluding hydrogens is 481 g/mol. The van der Waals surface area contributed by atoms with E-state index >= 15 is 0 Å². The number of hydrogen-bond acceptors (Lipinski definition) is 4. The summed E-state index contributed by atoms with van der Waals surface area (Å²) in [5.74, 6) is -0.871. The zero-order valence-corrected chi connectivity index (χ0v) is 20.6. The lowest BCUT2D eigenvalue weighted by atomic mass is 10.1. The van der Waals surface area contributed by atoms with Crippen molar-refractivity contribution in [1.82, 2.24) is 4.90 Å². The minimum atomic E-state index is -0.379. The molecule has 0 radical (unpaired) electrons. The van der Waals surface area contributed by atoms with Gasteiger partial charge in [-0.1, -0.05) is 35.9 Å². The first kappa shape index (κ1) is 25.0. The van der Waals surface area contributed by atoms with Crippen LogP contribution in [-0.2, 0) is 13.1 Å². The van der Waals surface area contributed by atoms with E-state index in [0.717, 1.165) is 11.3 Å². The average molecular weight is 506 g/mol. The Kier molecular flexibility index (Phi) is 7.71. The number of furan rings is 1. The van der Waals surface area contributed by atoms with Crippen molar-refractivity contribution in [3.63, 3.8) is 0 Å². The highest BCUT2D eigenvalue weighted by molar-refractivity contribution is 6.34. The fraction of sp³-hybridized carbons (Fsp3) is 0.143. The minimum absolute atomic E-state index is 0.167. The number of rotatable bonds is 8. The molecule has 1 N–H and O–H groups in total. The van der Waals surface area contributed by atoms with Crippen LogP contribution < -0.4 is 10.2 Å². The van der Waals surface area contributed by atoms with Crippen LogP contribution in [0, 0.1) is 5.82 Å². The standard InChI is InChI=1S/C28H25ClFN3O3/c1-32(2)25-13-12-22(31-27(34)23-9-3-4-10-24(23)29)16-20(25)18-33(28(35)26-11-6-14-36-26)17-19-7-5-8-21(30)15-19/h3-16H,17-18H2,1-2H3,(H,31,34). The molecule has 0 saturated heterocycles. The molecule has 1 heterocycles.